The second-order valence-electron chi connectivity index (χ2n) is 11.0. The van der Waals surface area contributed by atoms with Crippen LogP contribution in [0.3, 0.4) is 0 Å². The fraction of sp³-hybridized carbons (Fsp3) is 0.171. The lowest BCUT2D eigenvalue weighted by molar-refractivity contribution is -0.384. The maximum absolute atomic E-state index is 14.8. The Morgan fingerprint density at radius 3 is 2.16 bits per heavy atom. The molecule has 0 bridgehead atoms. The third-order valence-electron chi connectivity index (χ3n) is 9.12. The number of nitro benzene ring substituents is 1. The Labute approximate surface area is 252 Å². The number of Topliss-reactive ketones (excluding diaryl/α,β-unsaturated/α-hetero) is 3. The van der Waals surface area contributed by atoms with Crippen LogP contribution < -0.4 is 14.4 Å². The first kappa shape index (κ1) is 27.3. The van der Waals surface area contributed by atoms with Crippen LogP contribution in [0.5, 0.6) is 11.5 Å². The SMILES string of the molecule is COc1ccc(OC)c([C@H]2[C@@H](C(=O)c3ccc([N+](=O)[O-])cc3)N3c4ccccc4C=C[C@@H]3C23C(=O)c2ccccc2C3=O)c1. The zero-order chi connectivity index (χ0) is 30.7. The molecule has 7 rings (SSSR count). The Hall–Kier alpha value is -5.57. The summed E-state index contributed by atoms with van der Waals surface area (Å²) in [6, 6.07) is 22.9. The minimum absolute atomic E-state index is 0.156. The Balaban J connectivity index is 1.56. The van der Waals surface area contributed by atoms with E-state index in [-0.39, 0.29) is 22.8 Å². The first-order chi connectivity index (χ1) is 21.3. The van der Waals surface area contributed by atoms with Gasteiger partial charge in [0.05, 0.1) is 25.2 Å². The summed E-state index contributed by atoms with van der Waals surface area (Å²) in [4.78, 5) is 57.2. The predicted molar refractivity (Wildman–Crippen MR) is 163 cm³/mol. The van der Waals surface area contributed by atoms with E-state index in [4.69, 9.17) is 9.47 Å². The molecule has 3 aliphatic rings. The molecule has 0 saturated carbocycles. The van der Waals surface area contributed by atoms with Crippen LogP contribution >= 0.6 is 0 Å². The largest absolute Gasteiger partial charge is 0.497 e. The number of hydrogen-bond donors (Lipinski definition) is 0. The average molecular weight is 587 g/mol. The molecule has 1 fully saturated rings. The van der Waals surface area contributed by atoms with Crippen molar-refractivity contribution in [3.05, 3.63) is 135 Å². The molecule has 0 N–H and O–H groups in total. The Bertz CT molecular complexity index is 1880. The van der Waals surface area contributed by atoms with Crippen LogP contribution in [-0.2, 0) is 0 Å². The van der Waals surface area contributed by atoms with E-state index >= 15 is 0 Å². The molecule has 4 aromatic rings. The normalized spacial score (nSPS) is 20.7. The number of ketones is 3. The fourth-order valence-corrected chi connectivity index (χ4v) is 7.26. The first-order valence-electron chi connectivity index (χ1n) is 14.1. The van der Waals surface area contributed by atoms with E-state index in [1.807, 2.05) is 41.3 Å². The third kappa shape index (κ3) is 3.62. The van der Waals surface area contributed by atoms with E-state index in [1.165, 1.54) is 38.5 Å². The quantitative estimate of drug-likeness (QED) is 0.118. The summed E-state index contributed by atoms with van der Waals surface area (Å²) in [5.74, 6) is -1.29. The van der Waals surface area contributed by atoms with Gasteiger partial charge in [-0.15, -0.1) is 0 Å². The molecule has 9 nitrogen and oxygen atoms in total. The fourth-order valence-electron chi connectivity index (χ4n) is 7.26. The van der Waals surface area contributed by atoms with Crippen LogP contribution in [0.2, 0.25) is 0 Å². The van der Waals surface area contributed by atoms with Gasteiger partial charge in [-0.05, 0) is 42.0 Å². The van der Waals surface area contributed by atoms with Crippen LogP contribution in [0.25, 0.3) is 6.08 Å². The number of hydrogen-bond acceptors (Lipinski definition) is 8. The molecule has 1 spiro atoms. The summed E-state index contributed by atoms with van der Waals surface area (Å²) in [6.45, 7) is 0. The van der Waals surface area contributed by atoms with Crippen molar-refractivity contribution >= 4 is 34.8 Å². The van der Waals surface area contributed by atoms with Crippen LogP contribution in [-0.4, -0.2) is 48.6 Å². The van der Waals surface area contributed by atoms with Gasteiger partial charge in [-0.3, -0.25) is 24.5 Å². The molecule has 2 heterocycles. The van der Waals surface area contributed by atoms with Crippen molar-refractivity contribution in [3.8, 4) is 11.5 Å². The second kappa shape index (κ2) is 10.0. The number of para-hydroxylation sites is 1. The van der Waals surface area contributed by atoms with Crippen molar-refractivity contribution in [1.82, 2.24) is 0 Å². The Morgan fingerprint density at radius 2 is 1.52 bits per heavy atom. The summed E-state index contributed by atoms with van der Waals surface area (Å²) in [7, 11) is 3.01. The molecule has 1 aliphatic carbocycles. The predicted octanol–water partition coefficient (Wildman–Crippen LogP) is 5.93. The van der Waals surface area contributed by atoms with Crippen molar-refractivity contribution in [2.24, 2.45) is 5.41 Å². The highest BCUT2D eigenvalue weighted by molar-refractivity contribution is 6.32. The van der Waals surface area contributed by atoms with E-state index in [0.29, 0.717) is 33.9 Å². The van der Waals surface area contributed by atoms with Gasteiger partial charge < -0.3 is 14.4 Å². The number of nitrogens with zero attached hydrogens (tertiary/aromatic N) is 2. The van der Waals surface area contributed by atoms with Gasteiger partial charge in [0, 0.05) is 46.0 Å². The number of rotatable bonds is 6. The smallest absolute Gasteiger partial charge is 0.269 e. The van der Waals surface area contributed by atoms with E-state index in [2.05, 4.69) is 0 Å². The molecular formula is C35H26N2O7. The molecule has 2 aliphatic heterocycles. The van der Waals surface area contributed by atoms with E-state index in [9.17, 15) is 24.5 Å². The number of benzene rings is 4. The standard InChI is InChI=1S/C35H26N2O7/c1-43-23-16-17-28(44-2)26(19-23)30-31(32(38)21-11-14-22(15-12-21)37(41)42)36-27-10-6-3-7-20(27)13-18-29(36)35(30)33(39)24-8-4-5-9-25(24)34(35)40/h3-19,29-31H,1-2H3/t29-,30+,31+/m1/s1. The van der Waals surface area contributed by atoms with Gasteiger partial charge in [-0.2, -0.15) is 0 Å². The molecule has 0 radical (unpaired) electrons. The lowest BCUT2D eigenvalue weighted by atomic mass is 9.64. The van der Waals surface area contributed by atoms with Crippen molar-refractivity contribution in [2.75, 3.05) is 19.1 Å². The van der Waals surface area contributed by atoms with Gasteiger partial charge in [0.2, 0.25) is 0 Å². The lowest BCUT2D eigenvalue weighted by Gasteiger charge is -2.37. The summed E-state index contributed by atoms with van der Waals surface area (Å²) in [6.07, 6.45) is 3.73. The van der Waals surface area contributed by atoms with Gasteiger partial charge >= 0.3 is 0 Å². The number of fused-ring (bicyclic) bond motifs is 5. The van der Waals surface area contributed by atoms with Crippen molar-refractivity contribution < 1.29 is 28.8 Å². The molecule has 3 atom stereocenters. The van der Waals surface area contributed by atoms with E-state index in [0.717, 1.165) is 5.56 Å². The van der Waals surface area contributed by atoms with Crippen molar-refractivity contribution in [1.29, 1.82) is 0 Å². The van der Waals surface area contributed by atoms with Gasteiger partial charge in [0.15, 0.2) is 17.3 Å². The first-order valence-corrected chi connectivity index (χ1v) is 14.1. The highest BCUT2D eigenvalue weighted by Gasteiger charge is 2.72. The number of carbonyl (C=O) groups excluding carboxylic acids is 3. The summed E-state index contributed by atoms with van der Waals surface area (Å²) < 4.78 is 11.4. The van der Waals surface area contributed by atoms with Crippen LogP contribution in [0.15, 0.2) is 97.1 Å². The van der Waals surface area contributed by atoms with Crippen molar-refractivity contribution in [2.45, 2.75) is 18.0 Å². The maximum Gasteiger partial charge on any atom is 0.269 e. The highest BCUT2D eigenvalue weighted by atomic mass is 16.6. The molecule has 0 amide bonds. The van der Waals surface area contributed by atoms with Gasteiger partial charge in [0.25, 0.3) is 5.69 Å². The molecule has 9 heteroatoms. The second-order valence-corrected chi connectivity index (χ2v) is 11.0. The molecule has 4 aromatic carbocycles. The Kier molecular flexibility index (Phi) is 6.21. The average Bonchev–Trinajstić information content (AvgIpc) is 3.50. The lowest BCUT2D eigenvalue weighted by Crippen LogP contribution is -2.48. The zero-order valence-electron chi connectivity index (χ0n) is 23.8. The summed E-state index contributed by atoms with van der Waals surface area (Å²) in [5, 5.41) is 11.4. The molecule has 0 unspecified atom stereocenters. The highest BCUT2D eigenvalue weighted by Crippen LogP contribution is 2.62. The Morgan fingerprint density at radius 1 is 0.864 bits per heavy atom. The number of non-ortho nitro benzene ring substituents is 1. The minimum atomic E-state index is -1.73. The number of anilines is 1. The molecule has 0 aromatic heterocycles. The van der Waals surface area contributed by atoms with Gasteiger partial charge in [-0.25, -0.2) is 0 Å². The van der Waals surface area contributed by atoms with Crippen LogP contribution in [0.1, 0.15) is 48.1 Å². The monoisotopic (exact) mass is 586 g/mol. The number of ether oxygens (including phenoxy) is 2. The van der Waals surface area contributed by atoms with Crippen molar-refractivity contribution in [3.63, 3.8) is 0 Å². The number of nitro groups is 1. The minimum Gasteiger partial charge on any atom is -0.497 e. The third-order valence-corrected chi connectivity index (χ3v) is 9.12. The van der Waals surface area contributed by atoms with Crippen LogP contribution in [0.4, 0.5) is 11.4 Å². The van der Waals surface area contributed by atoms with Gasteiger partial charge in [-0.1, -0.05) is 54.6 Å². The van der Waals surface area contributed by atoms with E-state index in [1.54, 1.807) is 42.5 Å². The molecule has 44 heavy (non-hydrogen) atoms. The van der Waals surface area contributed by atoms with E-state index < -0.39 is 34.1 Å². The summed E-state index contributed by atoms with van der Waals surface area (Å²) in [5.41, 5.74) is 0.937. The van der Waals surface area contributed by atoms with Gasteiger partial charge in [0.1, 0.15) is 23.0 Å². The zero-order valence-corrected chi connectivity index (χ0v) is 23.8. The van der Waals surface area contributed by atoms with Crippen LogP contribution in [0, 0.1) is 15.5 Å². The molecular weight excluding hydrogens is 560 g/mol. The topological polar surface area (TPSA) is 116 Å². The molecule has 218 valence electrons. The number of carbonyl (C=O) groups is 3. The summed E-state index contributed by atoms with van der Waals surface area (Å²) >= 11 is 0. The number of methoxy groups -OCH3 is 2. The maximum atomic E-state index is 14.8. The molecule has 1 saturated heterocycles.